The van der Waals surface area contributed by atoms with Crippen LogP contribution in [0, 0.1) is 0 Å². The predicted octanol–water partition coefficient (Wildman–Crippen LogP) is 25.8. The molecule has 0 spiro atoms. The van der Waals surface area contributed by atoms with E-state index in [0.717, 1.165) is 167 Å². The third kappa shape index (κ3) is 83.9. The number of carbonyl (C=O) groups excluding carboxylic acids is 3. The van der Waals surface area contributed by atoms with Crippen LogP contribution in [0.15, 0.2) is 158 Å². The molecule has 0 aliphatic rings. The Morgan fingerprint density at radius 3 is 0.771 bits per heavy atom. The summed E-state index contributed by atoms with van der Waals surface area (Å²) in [7, 11) is -9.81. The molecule has 5 unspecified atom stereocenters. The number of allylic oxidation sites excluding steroid dienone is 26. The van der Waals surface area contributed by atoms with Gasteiger partial charge in [0.1, 0.15) is 25.4 Å². The fraction of sp³-hybridized carbons (Fsp3) is 0.681. The van der Waals surface area contributed by atoms with Crippen LogP contribution >= 0.6 is 15.6 Å². The average molecular weight is 1570 g/mol. The minimum Gasteiger partial charge on any atom is -0.463 e. The molecule has 109 heavy (non-hydrogen) atoms. The predicted molar refractivity (Wildman–Crippen MR) is 454 cm³/mol. The van der Waals surface area contributed by atoms with Crippen LogP contribution in [0.3, 0.4) is 0 Å². The number of unbranched alkanes of at least 4 members (excludes halogenated alkanes) is 31. The van der Waals surface area contributed by atoms with Crippen molar-refractivity contribution in [2.75, 3.05) is 39.6 Å². The van der Waals surface area contributed by atoms with Crippen molar-refractivity contribution in [3.8, 4) is 0 Å². The minimum absolute atomic E-state index is 0.0700. The molecule has 0 radical (unpaired) electrons. The highest BCUT2D eigenvalue weighted by Crippen LogP contribution is 2.45. The zero-order chi connectivity index (χ0) is 79.4. The number of hydrogen-bond donors (Lipinski definition) is 4. The molecule has 0 fully saturated rings. The van der Waals surface area contributed by atoms with E-state index in [1.165, 1.54) is 116 Å². The zero-order valence-corrected chi connectivity index (χ0v) is 70.2. The first kappa shape index (κ1) is 104. The molecule has 16 nitrogen and oxygen atoms in total. The van der Waals surface area contributed by atoms with Crippen molar-refractivity contribution in [2.45, 2.75) is 360 Å². The van der Waals surface area contributed by atoms with Crippen LogP contribution < -0.4 is 0 Å². The number of hydrogen-bond acceptors (Lipinski definition) is 14. The number of aliphatic hydroxyl groups excluding tert-OH is 2. The molecule has 4 N–H and O–H groups in total. The third-order valence-corrected chi connectivity index (χ3v) is 19.6. The second-order valence-electron chi connectivity index (χ2n) is 28.2. The topological polar surface area (TPSA) is 231 Å². The first-order valence-electron chi connectivity index (χ1n) is 42.8. The van der Waals surface area contributed by atoms with Crippen LogP contribution in [0.1, 0.15) is 342 Å². The molecule has 0 rings (SSSR count). The van der Waals surface area contributed by atoms with E-state index in [-0.39, 0.29) is 19.3 Å². The Labute approximate surface area is 663 Å². The Hall–Kier alpha value is -4.83. The molecule has 18 heteroatoms. The van der Waals surface area contributed by atoms with Gasteiger partial charge in [0.05, 0.1) is 26.4 Å². The molecule has 0 aromatic carbocycles. The molecular weight excluding hydrogens is 1410 g/mol. The van der Waals surface area contributed by atoms with Gasteiger partial charge in [-0.25, -0.2) is 9.13 Å². The van der Waals surface area contributed by atoms with E-state index in [2.05, 4.69) is 179 Å². The molecule has 624 valence electrons. The SMILES string of the molecule is CC/C=C\C/C=C\C/C=C\C/C=C\C/C=C\CCCCCCCCCCCCCCCCCCCC(=O)OCC(O)COP(=O)(O)OCC(O)COP(=O)(O)OCC(COC(=O)CCCCCCCCC/C=C\C/C=C\C/C=C\C/C=C\CCCCC)OC(=O)CCCCCC/C=C\C/C=C\C/C=C\C/C=C\CC. The molecule has 5 atom stereocenters. The Kier molecular flexibility index (Phi) is 79.0. The van der Waals surface area contributed by atoms with Gasteiger partial charge in [0.25, 0.3) is 0 Å². The van der Waals surface area contributed by atoms with Crippen LogP contribution in [0.4, 0.5) is 0 Å². The van der Waals surface area contributed by atoms with Gasteiger partial charge in [-0.3, -0.25) is 32.5 Å². The Bertz CT molecular complexity index is 2610. The van der Waals surface area contributed by atoms with E-state index < -0.39 is 91.5 Å². The summed E-state index contributed by atoms with van der Waals surface area (Å²) in [5, 5.41) is 20.7. The van der Waals surface area contributed by atoms with Crippen molar-refractivity contribution in [2.24, 2.45) is 0 Å². The summed E-state index contributed by atoms with van der Waals surface area (Å²) in [6.45, 7) is 2.40. The second kappa shape index (κ2) is 82.6. The maximum atomic E-state index is 13.0. The highest BCUT2D eigenvalue weighted by molar-refractivity contribution is 7.47. The molecule has 0 aromatic rings. The molecule has 0 amide bonds. The van der Waals surface area contributed by atoms with Crippen molar-refractivity contribution in [3.63, 3.8) is 0 Å². The summed E-state index contributed by atoms with van der Waals surface area (Å²) < 4.78 is 61.3. The lowest BCUT2D eigenvalue weighted by molar-refractivity contribution is -0.161. The molecule has 0 aliphatic heterocycles. The van der Waals surface area contributed by atoms with Crippen molar-refractivity contribution in [1.82, 2.24) is 0 Å². The van der Waals surface area contributed by atoms with Gasteiger partial charge in [-0.2, -0.15) is 0 Å². The fourth-order valence-electron chi connectivity index (χ4n) is 11.3. The van der Waals surface area contributed by atoms with E-state index in [4.69, 9.17) is 32.3 Å². The van der Waals surface area contributed by atoms with Gasteiger partial charge in [0.2, 0.25) is 0 Å². The molecule has 0 aliphatic carbocycles. The maximum Gasteiger partial charge on any atom is 0.472 e. The number of phosphoric acid groups is 2. The Balaban J connectivity index is 4.52. The average Bonchev–Trinajstić information content (AvgIpc) is 0.901. The highest BCUT2D eigenvalue weighted by Gasteiger charge is 2.29. The van der Waals surface area contributed by atoms with Gasteiger partial charge in [-0.05, 0) is 148 Å². The molecule has 0 aromatic heterocycles. The van der Waals surface area contributed by atoms with Crippen LogP contribution in [0.2, 0.25) is 0 Å². The summed E-state index contributed by atoms with van der Waals surface area (Å²) >= 11 is 0. The van der Waals surface area contributed by atoms with Crippen molar-refractivity contribution < 1.29 is 75.8 Å². The first-order chi connectivity index (χ1) is 53.2. The highest BCUT2D eigenvalue weighted by atomic mass is 31.2. The maximum absolute atomic E-state index is 13.0. The largest absolute Gasteiger partial charge is 0.472 e. The third-order valence-electron chi connectivity index (χ3n) is 17.7. The first-order valence-corrected chi connectivity index (χ1v) is 45.8. The van der Waals surface area contributed by atoms with Gasteiger partial charge in [0, 0.05) is 19.3 Å². The molecule has 0 bridgehead atoms. The zero-order valence-electron chi connectivity index (χ0n) is 68.4. The van der Waals surface area contributed by atoms with Crippen molar-refractivity contribution >= 4 is 33.6 Å². The van der Waals surface area contributed by atoms with E-state index in [0.29, 0.717) is 19.3 Å². The van der Waals surface area contributed by atoms with Gasteiger partial charge < -0.3 is 34.2 Å². The van der Waals surface area contributed by atoms with Gasteiger partial charge in [-0.1, -0.05) is 333 Å². The standard InChI is InChI=1S/C91H154O16P2/c1-4-7-10-13-16-19-22-25-28-31-33-35-37-38-39-40-41-42-43-44-45-46-48-50-51-54-56-59-62-65-68-71-74-77-89(94)101-80-86(92)81-103-108(97,98)104-82-87(93)83-105-109(99,100)106-85-88(107-91(96)79-76-73-70-67-64-61-58-53-30-27-24-21-18-15-12-9-6-3)84-102-90(95)78-75-72-69-66-63-60-57-55-52-49-47-36-34-32-29-26-23-20-17-14-11-8-5-2/h7,9-10,12,16-21,25-30,33-36,38-39,49,52,58,61,86-88,92-93H,4-6,8,11,13-15,22-24,31-32,37,40-48,50-51,53-57,59-60,62-85H2,1-3H3,(H,97,98)(H,99,100)/b10-7-,12-9-,19-16-,20-17-,21-18-,28-25-,29-26-,30-27-,35-33-,36-34-,39-38-,52-49-,61-58-. The van der Waals surface area contributed by atoms with E-state index in [1.54, 1.807) is 0 Å². The van der Waals surface area contributed by atoms with E-state index in [1.807, 2.05) is 0 Å². The lowest BCUT2D eigenvalue weighted by Crippen LogP contribution is -2.30. The summed E-state index contributed by atoms with van der Waals surface area (Å²) in [4.78, 5) is 58.8. The molecule has 0 saturated carbocycles. The van der Waals surface area contributed by atoms with Gasteiger partial charge >= 0.3 is 33.6 Å². The van der Waals surface area contributed by atoms with Crippen LogP contribution in [-0.2, 0) is 55.8 Å². The molecule has 0 saturated heterocycles. The van der Waals surface area contributed by atoms with Gasteiger partial charge in [0.15, 0.2) is 6.10 Å². The number of phosphoric ester groups is 2. The van der Waals surface area contributed by atoms with Crippen LogP contribution in [-0.4, -0.2) is 95.9 Å². The normalized spacial score (nSPS) is 14.7. The quantitative estimate of drug-likeness (QED) is 0.0146. The van der Waals surface area contributed by atoms with Crippen molar-refractivity contribution in [3.05, 3.63) is 158 Å². The molecule has 0 heterocycles. The van der Waals surface area contributed by atoms with Gasteiger partial charge in [-0.15, -0.1) is 0 Å². The Morgan fingerprint density at radius 2 is 0.486 bits per heavy atom. The lowest BCUT2D eigenvalue weighted by Gasteiger charge is -2.21. The number of ether oxygens (including phenoxy) is 3. The van der Waals surface area contributed by atoms with Crippen LogP contribution in [0.25, 0.3) is 0 Å². The smallest absolute Gasteiger partial charge is 0.463 e. The summed E-state index contributed by atoms with van der Waals surface area (Å²) in [6.07, 6.45) is 104. The van der Waals surface area contributed by atoms with E-state index in [9.17, 15) is 43.5 Å². The monoisotopic (exact) mass is 1570 g/mol. The number of aliphatic hydroxyl groups is 2. The Morgan fingerprint density at radius 1 is 0.266 bits per heavy atom. The summed E-state index contributed by atoms with van der Waals surface area (Å²) in [5.41, 5.74) is 0. The van der Waals surface area contributed by atoms with Crippen LogP contribution in [0.5, 0.6) is 0 Å². The number of esters is 3. The number of carbonyl (C=O) groups is 3. The van der Waals surface area contributed by atoms with Crippen molar-refractivity contribution in [1.29, 1.82) is 0 Å². The fourth-order valence-corrected chi connectivity index (χ4v) is 12.9. The summed E-state index contributed by atoms with van der Waals surface area (Å²) in [5.74, 6) is -1.61. The number of rotatable bonds is 80. The second-order valence-corrected chi connectivity index (χ2v) is 31.1. The van der Waals surface area contributed by atoms with E-state index >= 15 is 0 Å². The lowest BCUT2D eigenvalue weighted by atomic mass is 10.0. The molecular formula is C91H154O16P2. The minimum atomic E-state index is -4.95. The summed E-state index contributed by atoms with van der Waals surface area (Å²) in [6, 6.07) is 0.